The van der Waals surface area contributed by atoms with Crippen molar-refractivity contribution in [2.45, 2.75) is 30.3 Å². The first-order valence-corrected chi connectivity index (χ1v) is 10.1. The van der Waals surface area contributed by atoms with Gasteiger partial charge in [-0.1, -0.05) is 18.2 Å². The fourth-order valence-corrected chi connectivity index (χ4v) is 4.08. The van der Waals surface area contributed by atoms with Gasteiger partial charge in [0.25, 0.3) is 10.0 Å². The van der Waals surface area contributed by atoms with Gasteiger partial charge in [-0.05, 0) is 55.2 Å². The minimum Gasteiger partial charge on any atom is -0.494 e. The number of halogens is 3. The average molecular weight is 413 g/mol. The Morgan fingerprint density at radius 3 is 2.39 bits per heavy atom. The van der Waals surface area contributed by atoms with E-state index in [0.29, 0.717) is 12.4 Å². The molecule has 5 nitrogen and oxygen atoms in total. The van der Waals surface area contributed by atoms with Crippen LogP contribution in [-0.4, -0.2) is 20.9 Å². The summed E-state index contributed by atoms with van der Waals surface area (Å²) in [5.74, 6) is -1.80. The molecule has 1 aliphatic carbocycles. The number of sulfonamides is 1. The Morgan fingerprint density at radius 1 is 1.14 bits per heavy atom. The second-order valence-corrected chi connectivity index (χ2v) is 8.09. The Bertz CT molecular complexity index is 971. The third-order valence-electron chi connectivity index (χ3n) is 4.47. The van der Waals surface area contributed by atoms with Crippen LogP contribution in [0, 0.1) is 5.92 Å². The van der Waals surface area contributed by atoms with Gasteiger partial charge in [-0.3, -0.25) is 4.79 Å². The standard InChI is InChI=1S/C19H18F3NO4S/c1-2-27-12-7-9-13(10-8-12)28(25,26)23-18(24)16-11-15(16)14-5-3-4-6-17(14)19(20,21)22/h3-10,15-16H,2,11H2,1H3,(H,23,24). The molecule has 1 aliphatic rings. The van der Waals surface area contributed by atoms with Crippen LogP contribution in [0.15, 0.2) is 53.4 Å². The number of benzene rings is 2. The number of carbonyl (C=O) groups excluding carboxylic acids is 1. The van der Waals surface area contributed by atoms with Crippen LogP contribution in [0.3, 0.4) is 0 Å². The molecule has 0 bridgehead atoms. The number of alkyl halides is 3. The highest BCUT2D eigenvalue weighted by Gasteiger charge is 2.48. The fraction of sp³-hybridized carbons (Fsp3) is 0.316. The Kier molecular flexibility index (Phi) is 5.38. The van der Waals surface area contributed by atoms with Crippen LogP contribution in [-0.2, 0) is 21.0 Å². The molecule has 1 saturated carbocycles. The summed E-state index contributed by atoms with van der Waals surface area (Å²) < 4.78 is 71.3. The third kappa shape index (κ3) is 4.30. The van der Waals surface area contributed by atoms with Crippen LogP contribution >= 0.6 is 0 Å². The second-order valence-electron chi connectivity index (χ2n) is 6.41. The molecule has 28 heavy (non-hydrogen) atoms. The molecule has 0 aromatic heterocycles. The monoisotopic (exact) mass is 413 g/mol. The molecule has 2 atom stereocenters. The maximum Gasteiger partial charge on any atom is 0.416 e. The van der Waals surface area contributed by atoms with E-state index < -0.39 is 39.5 Å². The van der Waals surface area contributed by atoms with Crippen LogP contribution in [0.1, 0.15) is 30.4 Å². The van der Waals surface area contributed by atoms with Gasteiger partial charge in [0.05, 0.1) is 17.1 Å². The normalized spacial score (nSPS) is 19.1. The highest BCUT2D eigenvalue weighted by atomic mass is 32.2. The maximum absolute atomic E-state index is 13.1. The Labute approximate surface area is 160 Å². The predicted molar refractivity (Wildman–Crippen MR) is 95.2 cm³/mol. The van der Waals surface area contributed by atoms with Crippen molar-refractivity contribution in [2.24, 2.45) is 5.92 Å². The van der Waals surface area contributed by atoms with Gasteiger partial charge in [0.1, 0.15) is 5.75 Å². The molecule has 1 amide bonds. The molecule has 1 N–H and O–H groups in total. The van der Waals surface area contributed by atoms with Gasteiger partial charge in [0.15, 0.2) is 0 Å². The molecule has 2 aromatic carbocycles. The molecule has 2 aromatic rings. The van der Waals surface area contributed by atoms with Gasteiger partial charge >= 0.3 is 6.18 Å². The SMILES string of the molecule is CCOc1ccc(S(=O)(=O)NC(=O)C2CC2c2ccccc2C(F)(F)F)cc1. The molecule has 150 valence electrons. The van der Waals surface area contributed by atoms with Crippen molar-refractivity contribution < 1.29 is 31.1 Å². The summed E-state index contributed by atoms with van der Waals surface area (Å²) in [5, 5.41) is 0. The molecule has 0 heterocycles. The summed E-state index contributed by atoms with van der Waals surface area (Å²) in [6.07, 6.45) is -4.37. The number of ether oxygens (including phenoxy) is 1. The number of carbonyl (C=O) groups is 1. The zero-order chi connectivity index (χ0) is 20.5. The van der Waals surface area contributed by atoms with Crippen molar-refractivity contribution in [3.63, 3.8) is 0 Å². The number of amides is 1. The molecule has 0 radical (unpaired) electrons. The van der Waals surface area contributed by atoms with Gasteiger partial charge < -0.3 is 4.74 Å². The van der Waals surface area contributed by atoms with Gasteiger partial charge in [-0.15, -0.1) is 0 Å². The molecule has 1 fully saturated rings. The first-order chi connectivity index (χ1) is 13.1. The zero-order valence-electron chi connectivity index (χ0n) is 14.9. The summed E-state index contributed by atoms with van der Waals surface area (Å²) in [5.41, 5.74) is -0.793. The Morgan fingerprint density at radius 2 is 1.79 bits per heavy atom. The van der Waals surface area contributed by atoms with Crippen LogP contribution in [0.2, 0.25) is 0 Å². The van der Waals surface area contributed by atoms with Crippen molar-refractivity contribution in [3.05, 3.63) is 59.7 Å². The lowest BCUT2D eigenvalue weighted by atomic mass is 10.0. The topological polar surface area (TPSA) is 72.5 Å². The maximum atomic E-state index is 13.1. The lowest BCUT2D eigenvalue weighted by molar-refractivity contribution is -0.138. The predicted octanol–water partition coefficient (Wildman–Crippen LogP) is 3.71. The van der Waals surface area contributed by atoms with Crippen LogP contribution in [0.5, 0.6) is 5.75 Å². The van der Waals surface area contributed by atoms with Crippen molar-refractivity contribution in [2.75, 3.05) is 6.61 Å². The minimum absolute atomic E-state index is 0.00798. The Hall–Kier alpha value is -2.55. The lowest BCUT2D eigenvalue weighted by Gasteiger charge is -2.12. The quantitative estimate of drug-likeness (QED) is 0.784. The van der Waals surface area contributed by atoms with Crippen molar-refractivity contribution >= 4 is 15.9 Å². The van der Waals surface area contributed by atoms with E-state index >= 15 is 0 Å². The fourth-order valence-electron chi connectivity index (χ4n) is 3.06. The highest BCUT2D eigenvalue weighted by Crippen LogP contribution is 2.51. The summed E-state index contributed by atoms with van der Waals surface area (Å²) >= 11 is 0. The number of rotatable bonds is 6. The molecule has 3 rings (SSSR count). The van der Waals surface area contributed by atoms with E-state index in [4.69, 9.17) is 4.74 Å². The average Bonchev–Trinajstić information content (AvgIpc) is 3.42. The van der Waals surface area contributed by atoms with Crippen LogP contribution in [0.4, 0.5) is 13.2 Å². The highest BCUT2D eigenvalue weighted by molar-refractivity contribution is 7.90. The van der Waals surface area contributed by atoms with Gasteiger partial charge in [0, 0.05) is 5.92 Å². The molecular formula is C19H18F3NO4S. The first kappa shape index (κ1) is 20.2. The number of hydrogen-bond acceptors (Lipinski definition) is 4. The number of hydrogen-bond donors (Lipinski definition) is 1. The van der Waals surface area contributed by atoms with Crippen molar-refractivity contribution in [3.8, 4) is 5.75 Å². The van der Waals surface area contributed by atoms with E-state index in [2.05, 4.69) is 0 Å². The van der Waals surface area contributed by atoms with E-state index in [0.717, 1.165) is 6.07 Å². The van der Waals surface area contributed by atoms with Crippen molar-refractivity contribution in [1.82, 2.24) is 4.72 Å². The molecule has 0 saturated heterocycles. The summed E-state index contributed by atoms with van der Waals surface area (Å²) in [4.78, 5) is 12.2. The van der Waals surface area contributed by atoms with Gasteiger partial charge in [-0.25, -0.2) is 13.1 Å². The van der Waals surface area contributed by atoms with E-state index in [1.54, 1.807) is 6.92 Å². The lowest BCUT2D eigenvalue weighted by Crippen LogP contribution is -2.32. The van der Waals surface area contributed by atoms with Gasteiger partial charge in [-0.2, -0.15) is 13.2 Å². The molecule has 2 unspecified atom stereocenters. The van der Waals surface area contributed by atoms with E-state index in [1.165, 1.54) is 42.5 Å². The van der Waals surface area contributed by atoms with E-state index in [-0.39, 0.29) is 16.9 Å². The molecule has 0 spiro atoms. The third-order valence-corrected chi connectivity index (χ3v) is 5.84. The van der Waals surface area contributed by atoms with Crippen LogP contribution < -0.4 is 9.46 Å². The smallest absolute Gasteiger partial charge is 0.416 e. The van der Waals surface area contributed by atoms with Crippen LogP contribution in [0.25, 0.3) is 0 Å². The zero-order valence-corrected chi connectivity index (χ0v) is 15.7. The molecular weight excluding hydrogens is 395 g/mol. The summed E-state index contributed by atoms with van der Waals surface area (Å²) in [6.45, 7) is 2.21. The Balaban J connectivity index is 1.71. The van der Waals surface area contributed by atoms with Crippen molar-refractivity contribution in [1.29, 1.82) is 0 Å². The summed E-state index contributed by atoms with van der Waals surface area (Å²) in [7, 11) is -4.12. The second kappa shape index (κ2) is 7.46. The van der Waals surface area contributed by atoms with E-state index in [1.807, 2.05) is 4.72 Å². The van der Waals surface area contributed by atoms with Gasteiger partial charge in [0.2, 0.25) is 5.91 Å². The summed E-state index contributed by atoms with van der Waals surface area (Å²) in [6, 6.07) is 10.5. The molecule has 9 heteroatoms. The molecule has 0 aliphatic heterocycles. The number of nitrogens with one attached hydrogen (secondary N) is 1. The minimum atomic E-state index is -4.53. The van der Waals surface area contributed by atoms with E-state index in [9.17, 15) is 26.4 Å². The largest absolute Gasteiger partial charge is 0.494 e. The first-order valence-electron chi connectivity index (χ1n) is 8.59.